The van der Waals surface area contributed by atoms with E-state index in [1.807, 2.05) is 12.3 Å². The number of aromatic carboxylic acids is 1. The molecule has 8 nitrogen and oxygen atoms in total. The molecule has 2 aliphatic rings. The molecule has 2 aliphatic heterocycles. The number of hydrogen-bond acceptors (Lipinski definition) is 7. The number of fused-ring (bicyclic) bond motifs is 1. The van der Waals surface area contributed by atoms with Gasteiger partial charge in [-0.15, -0.1) is 0 Å². The van der Waals surface area contributed by atoms with Gasteiger partial charge in [0.1, 0.15) is 5.69 Å². The predicted octanol–water partition coefficient (Wildman–Crippen LogP) is 4.77. The third-order valence-electron chi connectivity index (χ3n) is 7.18. The number of benzene rings is 1. The van der Waals surface area contributed by atoms with Crippen molar-refractivity contribution in [2.24, 2.45) is 0 Å². The van der Waals surface area contributed by atoms with Crippen LogP contribution in [-0.4, -0.2) is 54.5 Å². The van der Waals surface area contributed by atoms with Gasteiger partial charge in [-0.2, -0.15) is 0 Å². The first-order valence-corrected chi connectivity index (χ1v) is 12.4. The van der Waals surface area contributed by atoms with Crippen molar-refractivity contribution in [3.05, 3.63) is 82.9 Å². The average Bonchev–Trinajstić information content (AvgIpc) is 3.26. The van der Waals surface area contributed by atoms with Gasteiger partial charge in [0.2, 0.25) is 5.95 Å². The number of likely N-dealkylation sites (tertiary alicyclic amines) is 1. The van der Waals surface area contributed by atoms with E-state index in [4.69, 9.17) is 4.98 Å². The minimum atomic E-state index is -1.03. The molecule has 0 unspecified atom stereocenters. The molecule has 1 fully saturated rings. The lowest BCUT2D eigenvalue weighted by molar-refractivity contribution is 0.0690. The highest BCUT2D eigenvalue weighted by atomic mass is 16.4. The molecule has 2 aromatic heterocycles. The zero-order valence-corrected chi connectivity index (χ0v) is 21.0. The van der Waals surface area contributed by atoms with E-state index in [0.29, 0.717) is 12.0 Å². The van der Waals surface area contributed by atoms with Gasteiger partial charge in [0.05, 0.1) is 5.69 Å². The standard InChI is InChI=1S/C28H32N6O2/c1-17-9-18(2)11-23(10-17)31-28-30-14-22-15-33(16-26(22)32-28)24-6-8-34(19(3)12-24)20(4)21-5-7-29-25(13-21)27(35)36/h5,7,9-11,13-14,19,24H,4,6,8,12,15-16H2,1-3H3,(H,35,36)(H,30,31,32)/t19-,24-/m1/s1. The Balaban J connectivity index is 1.22. The number of anilines is 2. The highest BCUT2D eigenvalue weighted by Crippen LogP contribution is 2.33. The predicted molar refractivity (Wildman–Crippen MR) is 140 cm³/mol. The van der Waals surface area contributed by atoms with Crippen LogP contribution in [0, 0.1) is 13.8 Å². The number of piperidine rings is 1. The van der Waals surface area contributed by atoms with Crippen molar-refractivity contribution < 1.29 is 9.90 Å². The topological polar surface area (TPSA) is 94.5 Å². The second-order valence-electron chi connectivity index (χ2n) is 9.97. The molecule has 0 amide bonds. The largest absolute Gasteiger partial charge is 0.477 e. The van der Waals surface area contributed by atoms with E-state index in [0.717, 1.165) is 55.1 Å². The molecule has 2 atom stereocenters. The van der Waals surface area contributed by atoms with Crippen LogP contribution in [0.3, 0.4) is 0 Å². The van der Waals surface area contributed by atoms with Gasteiger partial charge in [-0.25, -0.2) is 19.7 Å². The lowest BCUT2D eigenvalue weighted by Crippen LogP contribution is -2.46. The van der Waals surface area contributed by atoms with Crippen LogP contribution in [0.25, 0.3) is 5.70 Å². The molecule has 4 heterocycles. The molecule has 2 N–H and O–H groups in total. The van der Waals surface area contributed by atoms with Gasteiger partial charge >= 0.3 is 5.97 Å². The van der Waals surface area contributed by atoms with Crippen LogP contribution >= 0.6 is 0 Å². The smallest absolute Gasteiger partial charge is 0.354 e. The van der Waals surface area contributed by atoms with Crippen molar-refractivity contribution in [1.29, 1.82) is 0 Å². The number of nitrogens with zero attached hydrogens (tertiary/aromatic N) is 5. The van der Waals surface area contributed by atoms with Crippen molar-refractivity contribution in [3.63, 3.8) is 0 Å². The van der Waals surface area contributed by atoms with Gasteiger partial charge in [-0.3, -0.25) is 4.90 Å². The molecule has 0 saturated carbocycles. The molecule has 36 heavy (non-hydrogen) atoms. The van der Waals surface area contributed by atoms with Crippen LogP contribution in [0.2, 0.25) is 0 Å². The molecule has 186 valence electrons. The fourth-order valence-corrected chi connectivity index (χ4v) is 5.45. The molecular weight excluding hydrogens is 452 g/mol. The number of aryl methyl sites for hydroxylation is 2. The van der Waals surface area contributed by atoms with Crippen LogP contribution in [0.15, 0.2) is 49.3 Å². The average molecular weight is 485 g/mol. The number of hydrogen-bond donors (Lipinski definition) is 2. The van der Waals surface area contributed by atoms with E-state index < -0.39 is 5.97 Å². The van der Waals surface area contributed by atoms with Gasteiger partial charge < -0.3 is 15.3 Å². The summed E-state index contributed by atoms with van der Waals surface area (Å²) in [6, 6.07) is 10.5. The molecule has 0 aliphatic carbocycles. The van der Waals surface area contributed by atoms with E-state index in [9.17, 15) is 9.90 Å². The summed E-state index contributed by atoms with van der Waals surface area (Å²) in [5, 5.41) is 12.6. The third-order valence-corrected chi connectivity index (χ3v) is 7.18. The van der Waals surface area contributed by atoms with E-state index in [1.54, 1.807) is 6.07 Å². The Hall–Kier alpha value is -3.78. The summed E-state index contributed by atoms with van der Waals surface area (Å²) in [4.78, 5) is 29.4. The van der Waals surface area contributed by atoms with Crippen molar-refractivity contribution >= 4 is 23.3 Å². The number of carboxylic acid groups (broad SMARTS) is 1. The third kappa shape index (κ3) is 4.95. The SMILES string of the molecule is C=C(c1ccnc(C(=O)O)c1)N1CC[C@@H](N2Cc3cnc(Nc4cc(C)cc(C)c4)nc3C2)C[C@H]1C. The van der Waals surface area contributed by atoms with Gasteiger partial charge in [-0.05, 0) is 69.0 Å². The molecule has 1 aromatic carbocycles. The summed E-state index contributed by atoms with van der Waals surface area (Å²) in [7, 11) is 0. The zero-order valence-electron chi connectivity index (χ0n) is 21.0. The fourth-order valence-electron chi connectivity index (χ4n) is 5.45. The highest BCUT2D eigenvalue weighted by molar-refractivity contribution is 5.86. The van der Waals surface area contributed by atoms with E-state index in [-0.39, 0.29) is 11.7 Å². The molecule has 0 spiro atoms. The van der Waals surface area contributed by atoms with Crippen LogP contribution in [0.5, 0.6) is 0 Å². The van der Waals surface area contributed by atoms with Crippen molar-refractivity contribution in [3.8, 4) is 0 Å². The Kier molecular flexibility index (Phi) is 6.45. The summed E-state index contributed by atoms with van der Waals surface area (Å²) in [6.45, 7) is 13.2. The van der Waals surface area contributed by atoms with Gasteiger partial charge in [-0.1, -0.05) is 12.6 Å². The molecular formula is C28H32N6O2. The second-order valence-corrected chi connectivity index (χ2v) is 9.97. The lowest BCUT2D eigenvalue weighted by Gasteiger charge is -2.43. The number of carboxylic acids is 1. The number of carbonyl (C=O) groups is 1. The van der Waals surface area contributed by atoms with Crippen molar-refractivity contribution in [2.45, 2.75) is 58.8 Å². The first kappa shape index (κ1) is 23.9. The number of aromatic nitrogens is 3. The Morgan fingerprint density at radius 1 is 1.14 bits per heavy atom. The Bertz CT molecular complexity index is 1300. The molecule has 5 rings (SSSR count). The molecule has 3 aromatic rings. The van der Waals surface area contributed by atoms with Gasteiger partial charge in [0.25, 0.3) is 0 Å². The molecule has 0 bridgehead atoms. The summed E-state index contributed by atoms with van der Waals surface area (Å²) in [5.41, 5.74) is 7.40. The maximum Gasteiger partial charge on any atom is 0.354 e. The van der Waals surface area contributed by atoms with E-state index in [2.05, 4.69) is 70.6 Å². The normalized spacial score (nSPS) is 19.7. The van der Waals surface area contributed by atoms with Crippen molar-refractivity contribution in [2.75, 3.05) is 11.9 Å². The minimum Gasteiger partial charge on any atom is -0.477 e. The highest BCUT2D eigenvalue weighted by Gasteiger charge is 2.33. The van der Waals surface area contributed by atoms with Gasteiger partial charge in [0, 0.05) is 66.6 Å². The molecule has 1 saturated heterocycles. The number of pyridine rings is 1. The lowest BCUT2D eigenvalue weighted by atomic mass is 9.95. The summed E-state index contributed by atoms with van der Waals surface area (Å²) in [6.07, 6.45) is 5.50. The first-order valence-electron chi connectivity index (χ1n) is 12.4. The number of nitrogens with one attached hydrogen (secondary N) is 1. The first-order chi connectivity index (χ1) is 17.3. The monoisotopic (exact) mass is 484 g/mol. The maximum absolute atomic E-state index is 11.3. The Morgan fingerprint density at radius 3 is 2.64 bits per heavy atom. The van der Waals surface area contributed by atoms with Crippen LogP contribution in [0.1, 0.15) is 58.2 Å². The second kappa shape index (κ2) is 9.70. The summed E-state index contributed by atoms with van der Waals surface area (Å²) in [5.74, 6) is -0.390. The van der Waals surface area contributed by atoms with Crippen LogP contribution < -0.4 is 5.32 Å². The van der Waals surface area contributed by atoms with E-state index >= 15 is 0 Å². The molecule has 0 radical (unpaired) electrons. The summed E-state index contributed by atoms with van der Waals surface area (Å²) < 4.78 is 0. The number of rotatable bonds is 6. The van der Waals surface area contributed by atoms with Crippen molar-refractivity contribution in [1.82, 2.24) is 24.8 Å². The Morgan fingerprint density at radius 2 is 1.92 bits per heavy atom. The Labute approximate surface area is 211 Å². The zero-order chi connectivity index (χ0) is 25.4. The maximum atomic E-state index is 11.3. The van der Waals surface area contributed by atoms with Gasteiger partial charge in [0.15, 0.2) is 0 Å². The molecule has 8 heteroatoms. The van der Waals surface area contributed by atoms with Crippen LogP contribution in [-0.2, 0) is 13.1 Å². The summed E-state index contributed by atoms with van der Waals surface area (Å²) >= 11 is 0. The fraction of sp³-hybridized carbons (Fsp3) is 0.357. The van der Waals surface area contributed by atoms with Crippen LogP contribution in [0.4, 0.5) is 11.6 Å². The van der Waals surface area contributed by atoms with E-state index in [1.165, 1.54) is 22.9 Å². The quantitative estimate of drug-likeness (QED) is 0.517. The minimum absolute atomic E-state index is 0.0403.